The summed E-state index contributed by atoms with van der Waals surface area (Å²) in [5, 5.41) is 0. The van der Waals surface area contributed by atoms with Crippen molar-refractivity contribution in [1.82, 2.24) is 4.90 Å². The van der Waals surface area contributed by atoms with Crippen molar-refractivity contribution in [3.05, 3.63) is 29.3 Å². The van der Waals surface area contributed by atoms with Crippen LogP contribution in [0.15, 0.2) is 18.2 Å². The molecule has 1 saturated heterocycles. The molecule has 0 saturated carbocycles. The normalized spacial score (nSPS) is 22.9. The second-order valence-corrected chi connectivity index (χ2v) is 5.41. The molecule has 0 bridgehead atoms. The zero-order valence-corrected chi connectivity index (χ0v) is 11.1. The maximum atomic E-state index is 12.5. The van der Waals surface area contributed by atoms with Gasteiger partial charge in [-0.2, -0.15) is 0 Å². The van der Waals surface area contributed by atoms with Crippen LogP contribution in [0.5, 0.6) is 0 Å². The number of nitrogens with two attached hydrogens (primary N) is 1. The molecular weight excluding hydrogens is 240 g/mol. The minimum atomic E-state index is 0.0522. The van der Waals surface area contributed by atoms with Gasteiger partial charge < -0.3 is 15.4 Å². The molecule has 2 heterocycles. The summed E-state index contributed by atoms with van der Waals surface area (Å²) in [5.41, 5.74) is 9.24. The third kappa shape index (κ3) is 2.45. The van der Waals surface area contributed by atoms with E-state index in [0.717, 1.165) is 38.1 Å². The number of benzene rings is 1. The smallest absolute Gasteiger partial charge is 0.228 e. The van der Waals surface area contributed by atoms with Gasteiger partial charge in [0.1, 0.15) is 0 Å². The van der Waals surface area contributed by atoms with Crippen molar-refractivity contribution in [2.75, 3.05) is 25.5 Å². The Kier molecular flexibility index (Phi) is 3.42. The zero-order chi connectivity index (χ0) is 13.2. The number of hydrogen-bond donors (Lipinski definition) is 1. The molecule has 2 N–H and O–H groups in total. The van der Waals surface area contributed by atoms with E-state index in [-0.39, 0.29) is 11.8 Å². The standard InChI is InChI=1S/C15H20N2O2/c16-14-5-1-3-11-9-17(7-6-13(11)14)15(18)12-4-2-8-19-10-12/h1,3,5,12H,2,4,6-10,16H2. The van der Waals surface area contributed by atoms with Crippen molar-refractivity contribution in [2.45, 2.75) is 25.8 Å². The Morgan fingerprint density at radius 3 is 3.11 bits per heavy atom. The van der Waals surface area contributed by atoms with Gasteiger partial charge in [-0.25, -0.2) is 0 Å². The highest BCUT2D eigenvalue weighted by Gasteiger charge is 2.29. The number of carbonyl (C=O) groups excluding carboxylic acids is 1. The monoisotopic (exact) mass is 260 g/mol. The van der Waals surface area contributed by atoms with Crippen LogP contribution in [-0.4, -0.2) is 30.6 Å². The van der Waals surface area contributed by atoms with Gasteiger partial charge in [0, 0.05) is 25.4 Å². The molecule has 1 amide bonds. The molecular formula is C15H20N2O2. The molecule has 1 aromatic rings. The van der Waals surface area contributed by atoms with Crippen molar-refractivity contribution in [2.24, 2.45) is 5.92 Å². The number of rotatable bonds is 1. The van der Waals surface area contributed by atoms with E-state index in [1.54, 1.807) is 0 Å². The van der Waals surface area contributed by atoms with Crippen LogP contribution in [0.4, 0.5) is 5.69 Å². The number of anilines is 1. The maximum absolute atomic E-state index is 12.5. The van der Waals surface area contributed by atoms with Gasteiger partial charge in [0.25, 0.3) is 0 Å². The van der Waals surface area contributed by atoms with Crippen LogP contribution >= 0.6 is 0 Å². The molecule has 0 radical (unpaired) electrons. The van der Waals surface area contributed by atoms with Crippen molar-refractivity contribution < 1.29 is 9.53 Å². The highest BCUT2D eigenvalue weighted by Crippen LogP contribution is 2.26. The summed E-state index contributed by atoms with van der Waals surface area (Å²) < 4.78 is 5.42. The average Bonchev–Trinajstić information content (AvgIpc) is 2.47. The SMILES string of the molecule is Nc1cccc2c1CCN(C(=O)C1CCCOC1)C2. The summed E-state index contributed by atoms with van der Waals surface area (Å²) in [6.07, 6.45) is 2.81. The molecule has 19 heavy (non-hydrogen) atoms. The number of nitrogens with zero attached hydrogens (tertiary/aromatic N) is 1. The highest BCUT2D eigenvalue weighted by molar-refractivity contribution is 5.79. The fourth-order valence-electron chi connectivity index (χ4n) is 3.02. The number of ether oxygens (including phenoxy) is 1. The van der Waals surface area contributed by atoms with Gasteiger partial charge in [0.2, 0.25) is 5.91 Å². The minimum Gasteiger partial charge on any atom is -0.398 e. The van der Waals surface area contributed by atoms with Crippen LogP contribution in [0.3, 0.4) is 0 Å². The lowest BCUT2D eigenvalue weighted by molar-refractivity contribution is -0.140. The van der Waals surface area contributed by atoms with Crippen LogP contribution in [0.2, 0.25) is 0 Å². The van der Waals surface area contributed by atoms with Gasteiger partial charge in [-0.15, -0.1) is 0 Å². The Hall–Kier alpha value is -1.55. The molecule has 4 nitrogen and oxygen atoms in total. The fourth-order valence-corrected chi connectivity index (χ4v) is 3.02. The van der Waals surface area contributed by atoms with Gasteiger partial charge in [0.15, 0.2) is 0 Å². The van der Waals surface area contributed by atoms with E-state index in [9.17, 15) is 4.79 Å². The molecule has 1 fully saturated rings. The predicted molar refractivity (Wildman–Crippen MR) is 73.5 cm³/mol. The minimum absolute atomic E-state index is 0.0522. The Morgan fingerprint density at radius 2 is 2.32 bits per heavy atom. The molecule has 4 heteroatoms. The van der Waals surface area contributed by atoms with Gasteiger partial charge >= 0.3 is 0 Å². The Labute approximate surface area is 113 Å². The highest BCUT2D eigenvalue weighted by atomic mass is 16.5. The Balaban J connectivity index is 1.73. The van der Waals surface area contributed by atoms with Crippen LogP contribution < -0.4 is 5.73 Å². The van der Waals surface area contributed by atoms with Crippen molar-refractivity contribution in [3.63, 3.8) is 0 Å². The van der Waals surface area contributed by atoms with Gasteiger partial charge in [-0.3, -0.25) is 4.79 Å². The molecule has 1 aromatic carbocycles. The van der Waals surface area contributed by atoms with Crippen molar-refractivity contribution in [3.8, 4) is 0 Å². The first-order valence-corrected chi connectivity index (χ1v) is 6.98. The van der Waals surface area contributed by atoms with E-state index in [1.165, 1.54) is 11.1 Å². The first-order valence-electron chi connectivity index (χ1n) is 6.98. The third-order valence-corrected chi connectivity index (χ3v) is 4.12. The second kappa shape index (κ2) is 5.21. The van der Waals surface area contributed by atoms with E-state index < -0.39 is 0 Å². The van der Waals surface area contributed by atoms with Crippen LogP contribution in [0, 0.1) is 5.92 Å². The lowest BCUT2D eigenvalue weighted by Gasteiger charge is -2.33. The average molecular weight is 260 g/mol. The molecule has 0 aliphatic carbocycles. The third-order valence-electron chi connectivity index (χ3n) is 4.12. The topological polar surface area (TPSA) is 55.6 Å². The molecule has 0 aromatic heterocycles. The second-order valence-electron chi connectivity index (χ2n) is 5.41. The van der Waals surface area contributed by atoms with E-state index >= 15 is 0 Å². The van der Waals surface area contributed by atoms with Crippen molar-refractivity contribution in [1.29, 1.82) is 0 Å². The van der Waals surface area contributed by atoms with Gasteiger partial charge in [-0.05, 0) is 36.5 Å². The van der Waals surface area contributed by atoms with E-state index in [1.807, 2.05) is 17.0 Å². The summed E-state index contributed by atoms with van der Waals surface area (Å²) in [6, 6.07) is 5.97. The van der Waals surface area contributed by atoms with Gasteiger partial charge in [0.05, 0.1) is 12.5 Å². The Morgan fingerprint density at radius 1 is 1.42 bits per heavy atom. The van der Waals surface area contributed by atoms with Crippen LogP contribution in [0.25, 0.3) is 0 Å². The summed E-state index contributed by atoms with van der Waals surface area (Å²) in [6.45, 7) is 2.84. The maximum Gasteiger partial charge on any atom is 0.228 e. The van der Waals surface area contributed by atoms with E-state index in [0.29, 0.717) is 13.2 Å². The van der Waals surface area contributed by atoms with E-state index in [4.69, 9.17) is 10.5 Å². The summed E-state index contributed by atoms with van der Waals surface area (Å²) in [5.74, 6) is 0.295. The molecule has 2 aliphatic heterocycles. The Bertz CT molecular complexity index is 481. The molecule has 1 unspecified atom stereocenters. The summed E-state index contributed by atoms with van der Waals surface area (Å²) in [7, 11) is 0. The largest absolute Gasteiger partial charge is 0.398 e. The molecule has 102 valence electrons. The number of fused-ring (bicyclic) bond motifs is 1. The summed E-state index contributed by atoms with van der Waals surface area (Å²) >= 11 is 0. The number of hydrogen-bond acceptors (Lipinski definition) is 3. The van der Waals surface area contributed by atoms with Gasteiger partial charge in [-0.1, -0.05) is 12.1 Å². The molecule has 0 spiro atoms. The zero-order valence-electron chi connectivity index (χ0n) is 11.1. The number of nitrogen functional groups attached to an aromatic ring is 1. The van der Waals surface area contributed by atoms with E-state index in [2.05, 4.69) is 6.07 Å². The lowest BCUT2D eigenvalue weighted by atomic mass is 9.95. The van der Waals surface area contributed by atoms with Crippen molar-refractivity contribution >= 4 is 11.6 Å². The number of amides is 1. The molecule has 1 atom stereocenters. The predicted octanol–water partition coefficient (Wildman–Crippen LogP) is 1.58. The molecule has 2 aliphatic rings. The molecule has 3 rings (SSSR count). The lowest BCUT2D eigenvalue weighted by Crippen LogP contribution is -2.42. The first-order chi connectivity index (χ1) is 9.25. The van der Waals surface area contributed by atoms with Crippen LogP contribution in [-0.2, 0) is 22.5 Å². The summed E-state index contributed by atoms with van der Waals surface area (Å²) in [4.78, 5) is 14.4. The fraction of sp³-hybridized carbons (Fsp3) is 0.533. The number of carbonyl (C=O) groups is 1. The first kappa shape index (κ1) is 12.5. The quantitative estimate of drug-likeness (QED) is 0.780. The van der Waals surface area contributed by atoms with Crippen LogP contribution in [0.1, 0.15) is 24.0 Å².